The summed E-state index contributed by atoms with van der Waals surface area (Å²) in [5, 5.41) is 0. The minimum absolute atomic E-state index is 1.55. The predicted octanol–water partition coefficient (Wildman–Crippen LogP) is -1.02. The van der Waals surface area contributed by atoms with Crippen molar-refractivity contribution in [1.29, 1.82) is 0 Å². The van der Waals surface area contributed by atoms with Crippen LogP contribution in [-0.2, 0) is 29.8 Å². The number of halogens is 2. The topological polar surface area (TPSA) is 107 Å². The van der Waals surface area contributed by atoms with E-state index >= 15 is 0 Å². The van der Waals surface area contributed by atoms with Gasteiger partial charge in [-0.05, 0) is 0 Å². The minimum Gasteiger partial charge on any atom is -0.266 e. The third kappa shape index (κ3) is 8.25. The van der Waals surface area contributed by atoms with Gasteiger partial charge >= 0.3 is 10.4 Å². The lowest BCUT2D eigenvalue weighted by Gasteiger charge is -2.12. The van der Waals surface area contributed by atoms with Crippen LogP contribution in [0.25, 0.3) is 0 Å². The fourth-order valence-corrected chi connectivity index (χ4v) is 0.965. The van der Waals surface area contributed by atoms with Crippen molar-refractivity contribution < 1.29 is 38.5 Å². The Balaban J connectivity index is 4.08. The number of hydrogen-bond acceptors (Lipinski definition) is 6. The molecule has 1 N–H and O–H groups in total. The summed E-state index contributed by atoms with van der Waals surface area (Å²) in [5.41, 5.74) is 0. The second-order valence-corrected chi connectivity index (χ2v) is 3.84. The first-order valence-corrected chi connectivity index (χ1v) is 5.35. The predicted molar refractivity (Wildman–Crippen MR) is 38.7 cm³/mol. The highest BCUT2D eigenvalue weighted by atomic mass is 32.3. The van der Waals surface area contributed by atoms with Crippen LogP contribution in [0.5, 0.6) is 0 Å². The van der Waals surface area contributed by atoms with E-state index in [0.29, 0.717) is 0 Å². The van der Waals surface area contributed by atoms with Gasteiger partial charge in [-0.2, -0.15) is 8.42 Å². The van der Waals surface area contributed by atoms with Gasteiger partial charge in [0, 0.05) is 0 Å². The average Bonchev–Trinajstić information content (AvgIpc) is 1.97. The fraction of sp³-hybridized carbons (Fsp3) is 1.00. The minimum atomic E-state index is -4.98. The van der Waals surface area contributed by atoms with E-state index in [1.807, 2.05) is 0 Å². The van der Waals surface area contributed by atoms with Crippen molar-refractivity contribution in [3.8, 4) is 0 Å². The maximum absolute atomic E-state index is 12.4. The number of thiol groups is 1. The first kappa shape index (κ1) is 13.6. The average molecular weight is 256 g/mol. The summed E-state index contributed by atoms with van der Waals surface area (Å²) in [7, 11) is -8.43. The van der Waals surface area contributed by atoms with E-state index in [0.717, 1.165) is 0 Å². The van der Waals surface area contributed by atoms with E-state index in [1.165, 1.54) is 0 Å². The zero-order valence-electron chi connectivity index (χ0n) is 6.42. The Labute approximate surface area is 79.7 Å². The first-order valence-electron chi connectivity index (χ1n) is 2.89. The summed E-state index contributed by atoms with van der Waals surface area (Å²) in [4.78, 5) is 0. The molecule has 0 heterocycles. The monoisotopic (exact) mass is 256 g/mol. The molecule has 0 fully saturated rings. The van der Waals surface area contributed by atoms with Crippen LogP contribution in [0.4, 0.5) is 8.78 Å². The van der Waals surface area contributed by atoms with E-state index < -0.39 is 40.5 Å². The van der Waals surface area contributed by atoms with Gasteiger partial charge in [0.05, 0.1) is 0 Å². The Morgan fingerprint density at radius 1 is 1.29 bits per heavy atom. The molecule has 0 rings (SSSR count). The third-order valence-electron chi connectivity index (χ3n) is 0.800. The van der Waals surface area contributed by atoms with Crippen LogP contribution in [0, 0.1) is 0 Å². The molecule has 0 aliphatic carbocycles. The van der Waals surface area contributed by atoms with E-state index in [2.05, 4.69) is 8.37 Å². The summed E-state index contributed by atoms with van der Waals surface area (Å²) < 4.78 is 78.8. The molecule has 0 aromatic heterocycles. The molecule has 86 valence electrons. The highest BCUT2D eigenvalue weighted by Crippen LogP contribution is 2.15. The molecule has 0 unspecified atom stereocenters. The zero-order valence-corrected chi connectivity index (χ0v) is 8.13. The van der Waals surface area contributed by atoms with E-state index in [1.54, 1.807) is 0 Å². The van der Waals surface area contributed by atoms with Gasteiger partial charge < -0.3 is 0 Å². The largest absolute Gasteiger partial charge is 0.397 e. The van der Waals surface area contributed by atoms with Gasteiger partial charge in [0.1, 0.15) is 13.2 Å². The van der Waals surface area contributed by atoms with Crippen LogP contribution in [0.2, 0.25) is 0 Å². The molecule has 0 radical (unpaired) electrons. The second-order valence-electron chi connectivity index (χ2n) is 2.04. The molecule has 0 amide bonds. The van der Waals surface area contributed by atoms with E-state index in [-0.39, 0.29) is 0 Å². The van der Waals surface area contributed by atoms with Gasteiger partial charge in [-0.15, -0.1) is 0 Å². The molecule has 0 atom stereocenters. The quantitative estimate of drug-likeness (QED) is 0.463. The van der Waals surface area contributed by atoms with Crippen LogP contribution < -0.4 is 0 Å². The van der Waals surface area contributed by atoms with Crippen LogP contribution in [-0.4, -0.2) is 40.5 Å². The van der Waals surface area contributed by atoms with Gasteiger partial charge in [0.25, 0.3) is 16.9 Å². The Morgan fingerprint density at radius 3 is 2.14 bits per heavy atom. The number of hydrogen-bond donors (Lipinski definition) is 2. The highest BCUT2D eigenvalue weighted by molar-refractivity contribution is 7.80. The molecule has 14 heavy (non-hydrogen) atoms. The van der Waals surface area contributed by atoms with Crippen LogP contribution >= 0.6 is 0 Å². The lowest BCUT2D eigenvalue weighted by atomic mass is 10.4. The van der Waals surface area contributed by atoms with E-state index in [9.17, 15) is 25.6 Å². The smallest absolute Gasteiger partial charge is 0.266 e. The SMILES string of the molecule is O=[SH](=O)OCC(F)(F)COS(=O)(=O)O. The molecule has 7 nitrogen and oxygen atoms in total. The van der Waals surface area contributed by atoms with Crippen molar-refractivity contribution in [2.24, 2.45) is 0 Å². The van der Waals surface area contributed by atoms with Gasteiger partial charge in [0.2, 0.25) is 0 Å². The zero-order chi connectivity index (χ0) is 11.4. The van der Waals surface area contributed by atoms with Gasteiger partial charge in [0.15, 0.2) is 0 Å². The summed E-state index contributed by atoms with van der Waals surface area (Å²) in [5.74, 6) is -3.83. The number of rotatable bonds is 6. The normalized spacial score (nSPS) is 13.4. The molecule has 0 saturated heterocycles. The van der Waals surface area contributed by atoms with Crippen molar-refractivity contribution >= 4 is 21.4 Å². The van der Waals surface area contributed by atoms with Gasteiger partial charge in [-0.25, -0.2) is 21.4 Å². The molecule has 0 aromatic rings. The molecule has 0 aliphatic heterocycles. The van der Waals surface area contributed by atoms with Crippen molar-refractivity contribution in [3.05, 3.63) is 0 Å². The molecule has 11 heteroatoms. The highest BCUT2D eigenvalue weighted by Gasteiger charge is 2.32. The molecule has 0 spiro atoms. The maximum Gasteiger partial charge on any atom is 0.397 e. The lowest BCUT2D eigenvalue weighted by molar-refractivity contribution is -0.0712. The standard InChI is InChI=1S/C3H6F2O7S2/c4-3(5,1-11-13(6)7)2-12-14(8,9)10/h13H,1-2H2,(H,8,9,10). The molecular weight excluding hydrogens is 250 g/mol. The summed E-state index contributed by atoms with van der Waals surface area (Å²) in [6, 6.07) is 0. The van der Waals surface area contributed by atoms with Crippen molar-refractivity contribution in [3.63, 3.8) is 0 Å². The molecule has 0 bridgehead atoms. The van der Waals surface area contributed by atoms with Crippen LogP contribution in [0.15, 0.2) is 0 Å². The Hall–Kier alpha value is -0.360. The molecule has 0 aliphatic rings. The van der Waals surface area contributed by atoms with Crippen molar-refractivity contribution in [1.82, 2.24) is 0 Å². The summed E-state index contributed by atoms with van der Waals surface area (Å²) >= 11 is 0. The molecule has 0 aromatic carbocycles. The van der Waals surface area contributed by atoms with Crippen molar-refractivity contribution in [2.45, 2.75) is 5.92 Å². The third-order valence-corrected chi connectivity index (χ3v) is 1.56. The fourth-order valence-electron chi connectivity index (χ4n) is 0.349. The lowest BCUT2D eigenvalue weighted by Crippen LogP contribution is -2.30. The second kappa shape index (κ2) is 4.93. The maximum atomic E-state index is 12.4. The van der Waals surface area contributed by atoms with Crippen molar-refractivity contribution in [2.75, 3.05) is 13.2 Å². The molecule has 0 saturated carbocycles. The summed E-state index contributed by atoms with van der Waals surface area (Å²) in [6.07, 6.45) is 0. The Bertz CT molecular complexity index is 336. The van der Waals surface area contributed by atoms with Crippen LogP contribution in [0.3, 0.4) is 0 Å². The van der Waals surface area contributed by atoms with Gasteiger partial charge in [-0.1, -0.05) is 0 Å². The summed E-state index contributed by atoms with van der Waals surface area (Å²) in [6.45, 7) is -3.25. The molecular formula is C3H6F2O7S2. The first-order chi connectivity index (χ1) is 6.12. The Morgan fingerprint density at radius 2 is 1.79 bits per heavy atom. The van der Waals surface area contributed by atoms with E-state index in [4.69, 9.17) is 4.55 Å². The number of alkyl halides is 2. The van der Waals surface area contributed by atoms with Gasteiger partial charge in [-0.3, -0.25) is 8.74 Å². The Kier molecular flexibility index (Phi) is 4.80. The van der Waals surface area contributed by atoms with Crippen LogP contribution in [0.1, 0.15) is 0 Å².